The van der Waals surface area contributed by atoms with Crippen molar-refractivity contribution in [3.05, 3.63) is 65.7 Å². The largest absolute Gasteiger partial charge is 0.497 e. The average molecular weight is 396 g/mol. The van der Waals surface area contributed by atoms with Crippen LogP contribution in [0.3, 0.4) is 0 Å². The van der Waals surface area contributed by atoms with Gasteiger partial charge in [0.05, 0.1) is 13.8 Å². The van der Waals surface area contributed by atoms with Gasteiger partial charge in [0.1, 0.15) is 11.3 Å². The summed E-state index contributed by atoms with van der Waals surface area (Å²) in [6.07, 6.45) is 1.24. The highest BCUT2D eigenvalue weighted by molar-refractivity contribution is 6.06. The number of methoxy groups -OCH3 is 1. The van der Waals surface area contributed by atoms with E-state index in [0.717, 1.165) is 23.4 Å². The highest BCUT2D eigenvalue weighted by Gasteiger charge is 2.47. The van der Waals surface area contributed by atoms with Gasteiger partial charge in [-0.25, -0.2) is 9.69 Å². The average Bonchev–Trinajstić information content (AvgIpc) is 2.96. The standard InChI is InChI=1S/C23H29N3O3/c1-4-25(16-19-8-6-5-7-9-19)17-26-21(27)23(2,24-22(26)28)15-14-18-10-12-20(29-3)13-11-18/h5-13H,4,14-17H2,1-3H3,(H,24,28)/t23-/m0/s1. The molecular weight excluding hydrogens is 366 g/mol. The van der Waals surface area contributed by atoms with Crippen molar-refractivity contribution in [3.8, 4) is 5.75 Å². The first-order chi connectivity index (χ1) is 13.9. The second-order valence-electron chi connectivity index (χ2n) is 7.62. The molecule has 1 atom stereocenters. The molecule has 154 valence electrons. The summed E-state index contributed by atoms with van der Waals surface area (Å²) in [4.78, 5) is 29.0. The minimum atomic E-state index is -0.886. The number of ether oxygens (including phenoxy) is 1. The van der Waals surface area contributed by atoms with E-state index in [0.29, 0.717) is 19.4 Å². The molecule has 1 fully saturated rings. The third-order valence-electron chi connectivity index (χ3n) is 5.46. The second kappa shape index (κ2) is 9.09. The summed E-state index contributed by atoms with van der Waals surface area (Å²) in [5, 5.41) is 2.90. The lowest BCUT2D eigenvalue weighted by Crippen LogP contribution is -2.45. The summed E-state index contributed by atoms with van der Waals surface area (Å²) in [6, 6.07) is 17.5. The maximum atomic E-state index is 13.1. The van der Waals surface area contributed by atoms with E-state index in [9.17, 15) is 9.59 Å². The van der Waals surface area contributed by atoms with E-state index in [1.54, 1.807) is 7.11 Å². The summed E-state index contributed by atoms with van der Waals surface area (Å²) in [6.45, 7) is 5.56. The highest BCUT2D eigenvalue weighted by atomic mass is 16.5. The molecule has 0 unspecified atom stereocenters. The number of carbonyl (C=O) groups is 2. The van der Waals surface area contributed by atoms with Gasteiger partial charge in [-0.3, -0.25) is 9.69 Å². The molecule has 0 radical (unpaired) electrons. The quantitative estimate of drug-likeness (QED) is 0.661. The van der Waals surface area contributed by atoms with Crippen LogP contribution in [-0.4, -0.2) is 47.6 Å². The number of hydrogen-bond donors (Lipinski definition) is 1. The molecule has 1 N–H and O–H groups in total. The molecule has 0 saturated carbocycles. The Balaban J connectivity index is 1.62. The van der Waals surface area contributed by atoms with Crippen LogP contribution >= 0.6 is 0 Å². The summed E-state index contributed by atoms with van der Waals surface area (Å²) in [5.41, 5.74) is 1.37. The van der Waals surface area contributed by atoms with Crippen LogP contribution in [0.4, 0.5) is 4.79 Å². The van der Waals surface area contributed by atoms with Crippen LogP contribution in [0.25, 0.3) is 0 Å². The smallest absolute Gasteiger partial charge is 0.326 e. The molecule has 29 heavy (non-hydrogen) atoms. The molecule has 3 rings (SSSR count). The number of rotatable bonds is 9. The van der Waals surface area contributed by atoms with Crippen LogP contribution in [0.5, 0.6) is 5.75 Å². The van der Waals surface area contributed by atoms with E-state index >= 15 is 0 Å². The van der Waals surface area contributed by atoms with Crippen LogP contribution in [0.2, 0.25) is 0 Å². The predicted molar refractivity (Wildman–Crippen MR) is 112 cm³/mol. The van der Waals surface area contributed by atoms with Crippen molar-refractivity contribution in [2.24, 2.45) is 0 Å². The van der Waals surface area contributed by atoms with Crippen molar-refractivity contribution in [1.82, 2.24) is 15.1 Å². The molecule has 0 spiro atoms. The number of nitrogens with zero attached hydrogens (tertiary/aromatic N) is 2. The minimum Gasteiger partial charge on any atom is -0.497 e. The van der Waals surface area contributed by atoms with E-state index in [-0.39, 0.29) is 18.6 Å². The first-order valence-corrected chi connectivity index (χ1v) is 9.98. The molecule has 1 aliphatic rings. The van der Waals surface area contributed by atoms with Gasteiger partial charge in [-0.15, -0.1) is 0 Å². The van der Waals surface area contributed by atoms with Crippen LogP contribution < -0.4 is 10.1 Å². The van der Waals surface area contributed by atoms with Crippen molar-refractivity contribution >= 4 is 11.9 Å². The van der Waals surface area contributed by atoms with Gasteiger partial charge in [-0.2, -0.15) is 0 Å². The Morgan fingerprint density at radius 3 is 2.34 bits per heavy atom. The normalized spacial score (nSPS) is 19.0. The molecule has 2 aromatic rings. The Kier molecular flexibility index (Phi) is 6.54. The topological polar surface area (TPSA) is 61.9 Å². The first kappa shape index (κ1) is 20.9. The molecule has 1 heterocycles. The Hall–Kier alpha value is -2.86. The Morgan fingerprint density at radius 1 is 1.03 bits per heavy atom. The fraction of sp³-hybridized carbons (Fsp3) is 0.391. The molecule has 1 saturated heterocycles. The molecule has 3 amide bonds. The molecular formula is C23H29N3O3. The fourth-order valence-electron chi connectivity index (χ4n) is 3.53. The zero-order valence-corrected chi connectivity index (χ0v) is 17.4. The lowest BCUT2D eigenvalue weighted by atomic mass is 9.93. The number of benzene rings is 2. The zero-order valence-electron chi connectivity index (χ0n) is 17.4. The molecule has 1 aliphatic heterocycles. The third kappa shape index (κ3) is 4.95. The van der Waals surface area contributed by atoms with Crippen LogP contribution in [-0.2, 0) is 17.8 Å². The van der Waals surface area contributed by atoms with Crippen LogP contribution in [0.1, 0.15) is 31.4 Å². The number of amides is 3. The Morgan fingerprint density at radius 2 is 1.72 bits per heavy atom. The minimum absolute atomic E-state index is 0.164. The van der Waals surface area contributed by atoms with Gasteiger partial charge < -0.3 is 10.1 Å². The molecule has 6 nitrogen and oxygen atoms in total. The number of nitrogens with one attached hydrogen (secondary N) is 1. The van der Waals surface area contributed by atoms with E-state index in [1.165, 1.54) is 4.90 Å². The van der Waals surface area contributed by atoms with Gasteiger partial charge >= 0.3 is 6.03 Å². The maximum absolute atomic E-state index is 13.1. The van der Waals surface area contributed by atoms with Crippen molar-refractivity contribution in [2.75, 3.05) is 20.3 Å². The van der Waals surface area contributed by atoms with E-state index in [2.05, 4.69) is 10.2 Å². The summed E-state index contributed by atoms with van der Waals surface area (Å²) in [5.74, 6) is 0.636. The lowest BCUT2D eigenvalue weighted by Gasteiger charge is -2.26. The second-order valence-corrected chi connectivity index (χ2v) is 7.62. The number of carbonyl (C=O) groups excluding carboxylic acids is 2. The van der Waals surface area contributed by atoms with Gasteiger partial charge in [-0.05, 0) is 49.6 Å². The zero-order chi connectivity index (χ0) is 20.9. The third-order valence-corrected chi connectivity index (χ3v) is 5.46. The Labute approximate surface area is 172 Å². The summed E-state index contributed by atoms with van der Waals surface area (Å²) < 4.78 is 5.18. The Bertz CT molecular complexity index is 838. The van der Waals surface area contributed by atoms with E-state index in [1.807, 2.05) is 68.4 Å². The monoisotopic (exact) mass is 395 g/mol. The SMILES string of the molecule is CCN(Cc1ccccc1)CN1C(=O)N[C@@](C)(CCc2ccc(OC)cc2)C1=O. The van der Waals surface area contributed by atoms with E-state index < -0.39 is 5.54 Å². The molecule has 6 heteroatoms. The van der Waals surface area contributed by atoms with Crippen molar-refractivity contribution in [3.63, 3.8) is 0 Å². The lowest BCUT2D eigenvalue weighted by molar-refractivity contribution is -0.132. The van der Waals surface area contributed by atoms with Crippen molar-refractivity contribution in [2.45, 2.75) is 38.8 Å². The fourth-order valence-corrected chi connectivity index (χ4v) is 3.53. The molecule has 2 aromatic carbocycles. The van der Waals surface area contributed by atoms with Crippen molar-refractivity contribution in [1.29, 1.82) is 0 Å². The number of hydrogen-bond acceptors (Lipinski definition) is 4. The van der Waals surface area contributed by atoms with Gasteiger partial charge in [0.25, 0.3) is 5.91 Å². The highest BCUT2D eigenvalue weighted by Crippen LogP contribution is 2.24. The van der Waals surface area contributed by atoms with Gasteiger partial charge in [-0.1, -0.05) is 49.4 Å². The molecule has 0 bridgehead atoms. The predicted octanol–water partition coefficient (Wildman–Crippen LogP) is 3.42. The summed E-state index contributed by atoms with van der Waals surface area (Å²) >= 11 is 0. The van der Waals surface area contributed by atoms with Crippen LogP contribution in [0, 0.1) is 0 Å². The number of imide groups is 1. The summed E-state index contributed by atoms with van der Waals surface area (Å²) in [7, 11) is 1.63. The number of aryl methyl sites for hydroxylation is 1. The molecule has 0 aromatic heterocycles. The van der Waals surface area contributed by atoms with Gasteiger partial charge in [0.2, 0.25) is 0 Å². The number of urea groups is 1. The van der Waals surface area contributed by atoms with Crippen LogP contribution in [0.15, 0.2) is 54.6 Å². The maximum Gasteiger partial charge on any atom is 0.326 e. The van der Waals surface area contributed by atoms with Crippen molar-refractivity contribution < 1.29 is 14.3 Å². The van der Waals surface area contributed by atoms with Gasteiger partial charge in [0.15, 0.2) is 0 Å². The van der Waals surface area contributed by atoms with E-state index in [4.69, 9.17) is 4.74 Å². The van der Waals surface area contributed by atoms with Gasteiger partial charge in [0, 0.05) is 6.54 Å². The first-order valence-electron chi connectivity index (χ1n) is 9.98. The molecule has 0 aliphatic carbocycles.